The number of hydrogen-bond donors (Lipinski definition) is 0. The van der Waals surface area contributed by atoms with Crippen LogP contribution in [0.1, 0.15) is 16.7 Å². The van der Waals surface area contributed by atoms with E-state index in [4.69, 9.17) is 9.47 Å². The molecule has 1 heterocycles. The molecule has 126 valence electrons. The van der Waals surface area contributed by atoms with Crippen molar-refractivity contribution in [2.75, 3.05) is 7.11 Å². The molecule has 25 heavy (non-hydrogen) atoms. The number of para-hydroxylation sites is 1. The number of carbonyl (C=O) groups excluding carboxylic acids is 1. The summed E-state index contributed by atoms with van der Waals surface area (Å²) in [7, 11) is 1.53. The van der Waals surface area contributed by atoms with Gasteiger partial charge in [-0.15, -0.1) is 0 Å². The second kappa shape index (κ2) is 6.56. The first kappa shape index (κ1) is 16.4. The summed E-state index contributed by atoms with van der Waals surface area (Å²) >= 11 is 0. The third kappa shape index (κ3) is 3.25. The summed E-state index contributed by atoms with van der Waals surface area (Å²) in [5, 5.41) is 11.1. The maximum Gasteiger partial charge on any atom is 0.363 e. The number of nitrogens with zero attached hydrogens (tertiary/aromatic N) is 2. The van der Waals surface area contributed by atoms with Crippen molar-refractivity contribution in [3.8, 4) is 5.75 Å². The molecule has 0 unspecified atom stereocenters. The highest BCUT2D eigenvalue weighted by atomic mass is 16.6. The predicted octanol–water partition coefficient (Wildman–Crippen LogP) is 3.26. The van der Waals surface area contributed by atoms with Crippen LogP contribution < -0.4 is 4.74 Å². The lowest BCUT2D eigenvalue weighted by Crippen LogP contribution is -2.06. The molecule has 2 aromatic rings. The quantitative estimate of drug-likeness (QED) is 0.369. The molecule has 2 aromatic carbocycles. The second-order valence-electron chi connectivity index (χ2n) is 5.34. The zero-order valence-electron chi connectivity index (χ0n) is 13.6. The molecule has 0 aliphatic carbocycles. The molecule has 0 fully saturated rings. The molecule has 0 bridgehead atoms. The molecular formula is C18H14N2O5. The van der Waals surface area contributed by atoms with Crippen LogP contribution in [-0.2, 0) is 9.53 Å². The number of ether oxygens (including phenoxy) is 2. The number of methoxy groups -OCH3 is 1. The van der Waals surface area contributed by atoms with Crippen LogP contribution in [0.4, 0.5) is 5.69 Å². The van der Waals surface area contributed by atoms with Crippen molar-refractivity contribution in [1.82, 2.24) is 0 Å². The number of nitro groups is 1. The Balaban J connectivity index is 1.99. The van der Waals surface area contributed by atoms with Gasteiger partial charge in [-0.3, -0.25) is 10.1 Å². The third-order valence-electron chi connectivity index (χ3n) is 3.70. The smallest absolute Gasteiger partial charge is 0.363 e. The van der Waals surface area contributed by atoms with Crippen molar-refractivity contribution in [3.63, 3.8) is 0 Å². The van der Waals surface area contributed by atoms with Crippen molar-refractivity contribution in [2.24, 2.45) is 4.99 Å². The van der Waals surface area contributed by atoms with Crippen molar-refractivity contribution in [2.45, 2.75) is 6.92 Å². The van der Waals surface area contributed by atoms with Crippen LogP contribution in [0, 0.1) is 17.0 Å². The molecule has 0 spiro atoms. The minimum absolute atomic E-state index is 0.0363. The summed E-state index contributed by atoms with van der Waals surface area (Å²) in [6, 6.07) is 11.7. The van der Waals surface area contributed by atoms with Gasteiger partial charge in [0.25, 0.3) is 5.69 Å². The Morgan fingerprint density at radius 1 is 1.24 bits per heavy atom. The van der Waals surface area contributed by atoms with Gasteiger partial charge >= 0.3 is 5.97 Å². The topological polar surface area (TPSA) is 91.0 Å². The van der Waals surface area contributed by atoms with E-state index in [-0.39, 0.29) is 17.3 Å². The molecule has 1 aliphatic heterocycles. The molecule has 7 heteroatoms. The van der Waals surface area contributed by atoms with E-state index >= 15 is 0 Å². The van der Waals surface area contributed by atoms with Gasteiger partial charge in [0.2, 0.25) is 5.90 Å². The van der Waals surface area contributed by atoms with Gasteiger partial charge in [-0.25, -0.2) is 9.79 Å². The summed E-state index contributed by atoms with van der Waals surface area (Å²) < 4.78 is 10.4. The van der Waals surface area contributed by atoms with Gasteiger partial charge in [-0.1, -0.05) is 24.3 Å². The standard InChI is InChI=1S/C18H14N2O5/c1-11-7-8-13(10-15(11)20(22)23)17-19-14(18(21)25-17)9-12-5-3-4-6-16(12)24-2/h3-10H,1-2H3/b14-9+. The maximum atomic E-state index is 12.1. The number of aryl methyl sites for hydroxylation is 1. The fourth-order valence-electron chi connectivity index (χ4n) is 2.40. The largest absolute Gasteiger partial charge is 0.496 e. The summed E-state index contributed by atoms with van der Waals surface area (Å²) in [6.07, 6.45) is 1.55. The van der Waals surface area contributed by atoms with E-state index in [1.54, 1.807) is 37.3 Å². The molecule has 1 aliphatic rings. The Kier molecular flexibility index (Phi) is 4.30. The van der Waals surface area contributed by atoms with E-state index in [9.17, 15) is 14.9 Å². The van der Waals surface area contributed by atoms with Gasteiger partial charge < -0.3 is 9.47 Å². The fraction of sp³-hybridized carbons (Fsp3) is 0.111. The molecule has 0 radical (unpaired) electrons. The Morgan fingerprint density at radius 3 is 2.72 bits per heavy atom. The Hall–Kier alpha value is -3.48. The number of nitro benzene ring substituents is 1. The highest BCUT2D eigenvalue weighted by Gasteiger charge is 2.26. The van der Waals surface area contributed by atoms with Crippen molar-refractivity contribution in [3.05, 3.63) is 75.0 Å². The fourth-order valence-corrected chi connectivity index (χ4v) is 2.40. The van der Waals surface area contributed by atoms with E-state index < -0.39 is 10.9 Å². The lowest BCUT2D eigenvalue weighted by molar-refractivity contribution is -0.385. The average molecular weight is 338 g/mol. The van der Waals surface area contributed by atoms with Crippen LogP contribution in [0.5, 0.6) is 5.75 Å². The van der Waals surface area contributed by atoms with Gasteiger partial charge in [0.05, 0.1) is 12.0 Å². The third-order valence-corrected chi connectivity index (χ3v) is 3.70. The van der Waals surface area contributed by atoms with Gasteiger partial charge in [0.15, 0.2) is 5.70 Å². The number of benzene rings is 2. The summed E-state index contributed by atoms with van der Waals surface area (Å²) in [4.78, 5) is 26.8. The minimum Gasteiger partial charge on any atom is -0.496 e. The van der Waals surface area contributed by atoms with Crippen molar-refractivity contribution in [1.29, 1.82) is 0 Å². The monoisotopic (exact) mass is 338 g/mol. The molecule has 0 atom stereocenters. The first-order valence-electron chi connectivity index (χ1n) is 7.40. The lowest BCUT2D eigenvalue weighted by atomic mass is 10.1. The van der Waals surface area contributed by atoms with Crippen molar-refractivity contribution < 1.29 is 19.2 Å². The normalized spacial score (nSPS) is 15.0. The van der Waals surface area contributed by atoms with Crippen molar-refractivity contribution >= 4 is 23.6 Å². The molecule has 0 aromatic heterocycles. The Morgan fingerprint density at radius 2 is 2.00 bits per heavy atom. The van der Waals surface area contributed by atoms with E-state index in [0.717, 1.165) is 0 Å². The molecule has 0 amide bonds. The Labute approximate surface area is 143 Å². The van der Waals surface area contributed by atoms with E-state index in [1.165, 1.54) is 13.2 Å². The number of carbonyl (C=O) groups is 1. The number of cyclic esters (lactones) is 1. The average Bonchev–Trinajstić information content (AvgIpc) is 2.96. The minimum atomic E-state index is -0.621. The summed E-state index contributed by atoms with van der Waals surface area (Å²) in [5.74, 6) is 0.0100. The second-order valence-corrected chi connectivity index (χ2v) is 5.34. The van der Waals surface area contributed by atoms with Crippen LogP contribution in [0.3, 0.4) is 0 Å². The van der Waals surface area contributed by atoms with E-state index in [2.05, 4.69) is 4.99 Å². The predicted molar refractivity (Wildman–Crippen MR) is 91.4 cm³/mol. The first-order valence-corrected chi connectivity index (χ1v) is 7.40. The highest BCUT2D eigenvalue weighted by molar-refractivity contribution is 6.13. The van der Waals surface area contributed by atoms with Gasteiger partial charge in [0, 0.05) is 22.8 Å². The number of rotatable bonds is 4. The van der Waals surface area contributed by atoms with Gasteiger partial charge in [0.1, 0.15) is 5.75 Å². The lowest BCUT2D eigenvalue weighted by Gasteiger charge is -2.03. The molecule has 0 N–H and O–H groups in total. The van der Waals surface area contributed by atoms with Crippen LogP contribution in [0.2, 0.25) is 0 Å². The van der Waals surface area contributed by atoms with Gasteiger partial charge in [-0.05, 0) is 25.1 Å². The molecular weight excluding hydrogens is 324 g/mol. The number of hydrogen-bond acceptors (Lipinski definition) is 6. The Bertz CT molecular complexity index is 931. The van der Waals surface area contributed by atoms with Crippen LogP contribution >= 0.6 is 0 Å². The zero-order chi connectivity index (χ0) is 18.0. The highest BCUT2D eigenvalue weighted by Crippen LogP contribution is 2.26. The molecule has 7 nitrogen and oxygen atoms in total. The molecule has 3 rings (SSSR count). The van der Waals surface area contributed by atoms with Gasteiger partial charge in [-0.2, -0.15) is 0 Å². The van der Waals surface area contributed by atoms with Crippen LogP contribution in [0.25, 0.3) is 6.08 Å². The summed E-state index contributed by atoms with van der Waals surface area (Å²) in [5.41, 5.74) is 1.61. The van der Waals surface area contributed by atoms with E-state index in [1.807, 2.05) is 12.1 Å². The van der Waals surface area contributed by atoms with E-state index in [0.29, 0.717) is 22.4 Å². The maximum absolute atomic E-state index is 12.1. The van der Waals surface area contributed by atoms with Crippen LogP contribution in [-0.4, -0.2) is 23.9 Å². The molecule has 0 saturated heterocycles. The zero-order valence-corrected chi connectivity index (χ0v) is 13.6. The first-order chi connectivity index (χ1) is 12.0. The number of esters is 1. The molecule has 0 saturated carbocycles. The summed E-state index contributed by atoms with van der Waals surface area (Å²) in [6.45, 7) is 1.64. The SMILES string of the molecule is COc1ccccc1/C=C1/N=C(c2ccc(C)c([N+](=O)[O-])c2)OC1=O. The number of aliphatic imine (C=N–C) groups is 1. The van der Waals surface area contributed by atoms with Crippen LogP contribution in [0.15, 0.2) is 53.2 Å².